The quantitative estimate of drug-likeness (QED) is 0.761. The topological polar surface area (TPSA) is 59.1 Å². The predicted molar refractivity (Wildman–Crippen MR) is 75.3 cm³/mol. The van der Waals surface area contributed by atoms with Gasteiger partial charge in [-0.05, 0) is 6.42 Å². The summed E-state index contributed by atoms with van der Waals surface area (Å²) in [4.78, 5) is 9.03. The Balaban J connectivity index is 2.78. The maximum atomic E-state index is 5.02. The molecule has 1 rings (SSSR count). The molecular weight excluding hydrogens is 228 g/mol. The molecule has 0 saturated carbocycles. The summed E-state index contributed by atoms with van der Waals surface area (Å²) in [6.07, 6.45) is 0.959. The van der Waals surface area contributed by atoms with Crippen molar-refractivity contribution < 1.29 is 4.74 Å². The van der Waals surface area contributed by atoms with Crippen molar-refractivity contribution >= 4 is 11.6 Å². The lowest BCUT2D eigenvalue weighted by atomic mass is 9.96. The Morgan fingerprint density at radius 1 is 1.22 bits per heavy atom. The maximum Gasteiger partial charge on any atom is 0.138 e. The molecule has 0 fully saturated rings. The largest absolute Gasteiger partial charge is 0.385 e. The van der Waals surface area contributed by atoms with Crippen LogP contribution in [-0.2, 0) is 10.2 Å². The third-order valence-corrected chi connectivity index (χ3v) is 2.48. The van der Waals surface area contributed by atoms with Gasteiger partial charge in [0.25, 0.3) is 0 Å². The zero-order valence-corrected chi connectivity index (χ0v) is 12.0. The normalized spacial score (nSPS) is 11.4. The van der Waals surface area contributed by atoms with Crippen molar-refractivity contribution in [3.63, 3.8) is 0 Å². The van der Waals surface area contributed by atoms with Gasteiger partial charge in [0, 0.05) is 38.8 Å². The summed E-state index contributed by atoms with van der Waals surface area (Å²) < 4.78 is 5.02. The molecule has 0 spiro atoms. The van der Waals surface area contributed by atoms with Crippen molar-refractivity contribution in [3.8, 4) is 0 Å². The molecule has 0 unspecified atom stereocenters. The first-order valence-corrected chi connectivity index (χ1v) is 6.27. The maximum absolute atomic E-state index is 5.02. The fourth-order valence-electron chi connectivity index (χ4n) is 1.43. The van der Waals surface area contributed by atoms with Gasteiger partial charge < -0.3 is 15.4 Å². The van der Waals surface area contributed by atoms with Crippen molar-refractivity contribution in [2.75, 3.05) is 37.9 Å². The zero-order valence-electron chi connectivity index (χ0n) is 12.0. The zero-order chi connectivity index (χ0) is 13.6. The van der Waals surface area contributed by atoms with Crippen LogP contribution in [0.3, 0.4) is 0 Å². The van der Waals surface area contributed by atoms with E-state index in [2.05, 4.69) is 41.4 Å². The summed E-state index contributed by atoms with van der Waals surface area (Å²) in [6, 6.07) is 1.92. The molecule has 0 radical (unpaired) electrons. The smallest absolute Gasteiger partial charge is 0.138 e. The fraction of sp³-hybridized carbons (Fsp3) is 0.692. The van der Waals surface area contributed by atoms with E-state index in [-0.39, 0.29) is 5.41 Å². The third-order valence-electron chi connectivity index (χ3n) is 2.48. The fourth-order valence-corrected chi connectivity index (χ4v) is 1.43. The summed E-state index contributed by atoms with van der Waals surface area (Å²) in [5.74, 6) is 2.53. The number of rotatable bonds is 6. The highest BCUT2D eigenvalue weighted by molar-refractivity contribution is 5.47. The van der Waals surface area contributed by atoms with E-state index < -0.39 is 0 Å². The number of aromatic nitrogens is 2. The molecule has 0 aromatic carbocycles. The van der Waals surface area contributed by atoms with E-state index in [0.29, 0.717) is 0 Å². The highest BCUT2D eigenvalue weighted by Gasteiger charge is 2.18. The Bertz CT molecular complexity index is 374. The first-order chi connectivity index (χ1) is 8.47. The molecule has 0 aliphatic rings. The van der Waals surface area contributed by atoms with Gasteiger partial charge in [0.1, 0.15) is 17.5 Å². The van der Waals surface area contributed by atoms with Crippen molar-refractivity contribution in [1.29, 1.82) is 0 Å². The molecule has 0 bridgehead atoms. The van der Waals surface area contributed by atoms with Gasteiger partial charge in [0.05, 0.1) is 0 Å². The van der Waals surface area contributed by atoms with Crippen LogP contribution in [0, 0.1) is 0 Å². The third kappa shape index (κ3) is 4.49. The highest BCUT2D eigenvalue weighted by Crippen LogP contribution is 2.21. The van der Waals surface area contributed by atoms with Crippen LogP contribution in [0.15, 0.2) is 6.07 Å². The monoisotopic (exact) mass is 252 g/mol. The standard InChI is InChI=1S/C13H24N4O/c1-13(2,3)12-16-10(14-4)9-11(17-12)15-7-6-8-18-5/h9H,6-8H2,1-5H3,(H2,14,15,16,17). The van der Waals surface area contributed by atoms with E-state index in [1.54, 1.807) is 7.11 Å². The van der Waals surface area contributed by atoms with Crippen molar-refractivity contribution in [2.45, 2.75) is 32.6 Å². The Hall–Kier alpha value is -1.36. The first-order valence-electron chi connectivity index (χ1n) is 6.27. The molecule has 0 atom stereocenters. The molecule has 2 N–H and O–H groups in total. The number of ether oxygens (including phenoxy) is 1. The Morgan fingerprint density at radius 3 is 2.44 bits per heavy atom. The van der Waals surface area contributed by atoms with Crippen LogP contribution >= 0.6 is 0 Å². The SMILES string of the molecule is CNc1cc(NCCCOC)nc(C(C)(C)C)n1. The summed E-state index contributed by atoms with van der Waals surface area (Å²) in [6.45, 7) is 7.92. The van der Waals surface area contributed by atoms with Crippen LogP contribution in [0.4, 0.5) is 11.6 Å². The van der Waals surface area contributed by atoms with Gasteiger partial charge in [0.15, 0.2) is 0 Å². The lowest BCUT2D eigenvalue weighted by molar-refractivity contribution is 0.197. The van der Waals surface area contributed by atoms with E-state index in [4.69, 9.17) is 4.74 Å². The predicted octanol–water partition coefficient (Wildman–Crippen LogP) is 2.26. The summed E-state index contributed by atoms with van der Waals surface area (Å²) in [7, 11) is 3.57. The lowest BCUT2D eigenvalue weighted by Gasteiger charge is -2.18. The number of hydrogen-bond donors (Lipinski definition) is 2. The summed E-state index contributed by atoms with van der Waals surface area (Å²) in [5.41, 5.74) is -0.0597. The van der Waals surface area contributed by atoms with Crippen LogP contribution < -0.4 is 10.6 Å². The number of methoxy groups -OCH3 is 1. The van der Waals surface area contributed by atoms with Gasteiger partial charge in [-0.25, -0.2) is 9.97 Å². The molecule has 5 nitrogen and oxygen atoms in total. The lowest BCUT2D eigenvalue weighted by Crippen LogP contribution is -2.18. The molecule has 1 aromatic rings. The van der Waals surface area contributed by atoms with Gasteiger partial charge in [0.2, 0.25) is 0 Å². The summed E-state index contributed by atoms with van der Waals surface area (Å²) in [5, 5.41) is 6.36. The molecule has 0 saturated heterocycles. The van der Waals surface area contributed by atoms with Crippen LogP contribution in [0.25, 0.3) is 0 Å². The molecule has 18 heavy (non-hydrogen) atoms. The Morgan fingerprint density at radius 2 is 1.89 bits per heavy atom. The average Bonchev–Trinajstić information content (AvgIpc) is 2.33. The van der Waals surface area contributed by atoms with Gasteiger partial charge in [-0.3, -0.25) is 0 Å². The van der Waals surface area contributed by atoms with E-state index in [1.165, 1.54) is 0 Å². The number of anilines is 2. The molecule has 1 heterocycles. The minimum atomic E-state index is -0.0597. The number of hydrogen-bond acceptors (Lipinski definition) is 5. The average molecular weight is 252 g/mol. The minimum Gasteiger partial charge on any atom is -0.385 e. The van der Waals surface area contributed by atoms with Gasteiger partial charge in [-0.2, -0.15) is 0 Å². The van der Waals surface area contributed by atoms with Crippen LogP contribution in [0.1, 0.15) is 33.0 Å². The molecular formula is C13H24N4O. The van der Waals surface area contributed by atoms with Crippen molar-refractivity contribution in [3.05, 3.63) is 11.9 Å². The number of nitrogens with one attached hydrogen (secondary N) is 2. The van der Waals surface area contributed by atoms with E-state index in [0.717, 1.165) is 37.0 Å². The molecule has 5 heteroatoms. The van der Waals surface area contributed by atoms with Gasteiger partial charge >= 0.3 is 0 Å². The van der Waals surface area contributed by atoms with E-state index in [9.17, 15) is 0 Å². The second-order valence-corrected chi connectivity index (χ2v) is 5.24. The number of nitrogens with zero attached hydrogens (tertiary/aromatic N) is 2. The van der Waals surface area contributed by atoms with Gasteiger partial charge in [-0.1, -0.05) is 20.8 Å². The Kier molecular flexibility index (Phi) is 5.34. The molecule has 0 aliphatic carbocycles. The van der Waals surface area contributed by atoms with Crippen LogP contribution in [0.2, 0.25) is 0 Å². The summed E-state index contributed by atoms with van der Waals surface area (Å²) >= 11 is 0. The van der Waals surface area contributed by atoms with Crippen molar-refractivity contribution in [2.24, 2.45) is 0 Å². The Labute approximate surface area is 109 Å². The van der Waals surface area contributed by atoms with Crippen LogP contribution in [0.5, 0.6) is 0 Å². The highest BCUT2D eigenvalue weighted by atomic mass is 16.5. The molecule has 0 amide bonds. The second kappa shape index (κ2) is 6.54. The van der Waals surface area contributed by atoms with E-state index >= 15 is 0 Å². The van der Waals surface area contributed by atoms with E-state index in [1.807, 2.05) is 13.1 Å². The van der Waals surface area contributed by atoms with Gasteiger partial charge in [-0.15, -0.1) is 0 Å². The minimum absolute atomic E-state index is 0.0597. The molecule has 1 aromatic heterocycles. The van der Waals surface area contributed by atoms with Crippen LogP contribution in [-0.4, -0.2) is 37.3 Å². The molecule has 0 aliphatic heterocycles. The second-order valence-electron chi connectivity index (χ2n) is 5.24. The molecule has 102 valence electrons. The first kappa shape index (κ1) is 14.7. The van der Waals surface area contributed by atoms with Crippen molar-refractivity contribution in [1.82, 2.24) is 9.97 Å².